The Kier molecular flexibility index (Phi) is 4.18. The number of anilines is 1. The van der Waals surface area contributed by atoms with Gasteiger partial charge in [-0.3, -0.25) is 4.90 Å². The van der Waals surface area contributed by atoms with E-state index in [4.69, 9.17) is 0 Å². The molecule has 8 heteroatoms. The molecular weight excluding hydrogens is 374 g/mol. The van der Waals surface area contributed by atoms with Crippen molar-refractivity contribution < 1.29 is 24.6 Å². The largest absolute Gasteiger partial charge is 0.480 e. The molecule has 8 nitrogen and oxygen atoms in total. The first-order valence-electron chi connectivity index (χ1n) is 10.4. The molecule has 1 saturated heterocycles. The summed E-state index contributed by atoms with van der Waals surface area (Å²) in [6.45, 7) is 0.461. The number of fused-ring (bicyclic) bond motifs is 2. The SMILES string of the molecule is O=C(O)C1CCN1C(=O)N(C1CC1)[C@H]1c2ccccc2N(C(=O)O)[C@@H]2CCC[C@@H]21. The molecule has 2 heterocycles. The summed E-state index contributed by atoms with van der Waals surface area (Å²) in [5, 5.41) is 19.3. The lowest BCUT2D eigenvalue weighted by molar-refractivity contribution is -0.146. The Hall–Kier alpha value is -2.77. The monoisotopic (exact) mass is 399 g/mol. The van der Waals surface area contributed by atoms with E-state index in [0.29, 0.717) is 18.7 Å². The van der Waals surface area contributed by atoms with Crippen LogP contribution in [0.15, 0.2) is 24.3 Å². The third kappa shape index (κ3) is 2.76. The molecule has 0 radical (unpaired) electrons. The average molecular weight is 399 g/mol. The fourth-order valence-corrected chi connectivity index (χ4v) is 5.50. The highest BCUT2D eigenvalue weighted by atomic mass is 16.4. The molecule has 1 unspecified atom stereocenters. The van der Waals surface area contributed by atoms with Gasteiger partial charge in [0, 0.05) is 24.5 Å². The summed E-state index contributed by atoms with van der Waals surface area (Å²) in [6.07, 6.45) is 3.94. The maximum Gasteiger partial charge on any atom is 0.412 e. The quantitative estimate of drug-likeness (QED) is 0.813. The van der Waals surface area contributed by atoms with Gasteiger partial charge < -0.3 is 20.0 Å². The Labute approximate surface area is 168 Å². The minimum Gasteiger partial charge on any atom is -0.480 e. The first-order valence-corrected chi connectivity index (χ1v) is 10.4. The van der Waals surface area contributed by atoms with Crippen molar-refractivity contribution in [1.82, 2.24) is 9.80 Å². The third-order valence-corrected chi connectivity index (χ3v) is 7.00. The van der Waals surface area contributed by atoms with Crippen molar-refractivity contribution in [3.05, 3.63) is 29.8 Å². The van der Waals surface area contributed by atoms with E-state index < -0.39 is 18.1 Å². The smallest absolute Gasteiger partial charge is 0.412 e. The number of carboxylic acid groups (broad SMARTS) is 2. The predicted molar refractivity (Wildman–Crippen MR) is 104 cm³/mol. The average Bonchev–Trinajstić information content (AvgIpc) is 3.35. The number of benzene rings is 1. The molecule has 0 aromatic heterocycles. The number of carbonyl (C=O) groups is 3. The van der Waals surface area contributed by atoms with E-state index in [0.717, 1.165) is 37.7 Å². The topological polar surface area (TPSA) is 101 Å². The van der Waals surface area contributed by atoms with Crippen molar-refractivity contribution in [2.75, 3.05) is 11.4 Å². The van der Waals surface area contributed by atoms with Crippen LogP contribution < -0.4 is 4.90 Å². The molecule has 1 aromatic rings. The van der Waals surface area contributed by atoms with E-state index >= 15 is 0 Å². The first-order chi connectivity index (χ1) is 14.0. The van der Waals surface area contributed by atoms with Crippen LogP contribution in [0.5, 0.6) is 0 Å². The lowest BCUT2D eigenvalue weighted by Crippen LogP contribution is -2.61. The predicted octanol–water partition coefficient (Wildman–Crippen LogP) is 3.14. The minimum atomic E-state index is -0.958. The minimum absolute atomic E-state index is 0.0371. The van der Waals surface area contributed by atoms with Crippen molar-refractivity contribution in [3.63, 3.8) is 0 Å². The maximum atomic E-state index is 13.5. The van der Waals surface area contributed by atoms with E-state index in [1.807, 2.05) is 29.2 Å². The van der Waals surface area contributed by atoms with Crippen LogP contribution >= 0.6 is 0 Å². The number of carboxylic acids is 1. The van der Waals surface area contributed by atoms with Crippen molar-refractivity contribution in [2.45, 2.75) is 62.7 Å². The molecule has 3 fully saturated rings. The number of hydrogen-bond acceptors (Lipinski definition) is 3. The van der Waals surface area contributed by atoms with E-state index in [-0.39, 0.29) is 30.1 Å². The van der Waals surface area contributed by atoms with Gasteiger partial charge in [-0.25, -0.2) is 14.4 Å². The molecule has 4 atom stereocenters. The number of aliphatic carboxylic acids is 1. The van der Waals surface area contributed by atoms with Crippen molar-refractivity contribution in [1.29, 1.82) is 0 Å². The van der Waals surface area contributed by atoms with Crippen LogP contribution in [-0.2, 0) is 4.79 Å². The number of rotatable bonds is 3. The Bertz CT molecular complexity index is 870. The van der Waals surface area contributed by atoms with Gasteiger partial charge in [0.15, 0.2) is 0 Å². The number of urea groups is 1. The summed E-state index contributed by atoms with van der Waals surface area (Å²) in [5.74, 6) is -0.921. The van der Waals surface area contributed by atoms with Crippen molar-refractivity contribution in [2.24, 2.45) is 5.92 Å². The zero-order valence-corrected chi connectivity index (χ0v) is 16.1. The lowest BCUT2D eigenvalue weighted by atomic mass is 9.81. The number of likely N-dealkylation sites (tertiary alicyclic amines) is 1. The lowest BCUT2D eigenvalue weighted by Gasteiger charge is -2.49. The highest BCUT2D eigenvalue weighted by molar-refractivity contribution is 5.90. The van der Waals surface area contributed by atoms with Crippen LogP contribution in [0.4, 0.5) is 15.3 Å². The van der Waals surface area contributed by atoms with Crippen molar-refractivity contribution >= 4 is 23.8 Å². The van der Waals surface area contributed by atoms with Crippen LogP contribution in [0, 0.1) is 5.92 Å². The first kappa shape index (κ1) is 18.3. The molecule has 2 saturated carbocycles. The number of para-hydroxylation sites is 1. The Morgan fingerprint density at radius 2 is 1.76 bits per heavy atom. The zero-order valence-electron chi connectivity index (χ0n) is 16.1. The summed E-state index contributed by atoms with van der Waals surface area (Å²) >= 11 is 0. The second-order valence-corrected chi connectivity index (χ2v) is 8.58. The van der Waals surface area contributed by atoms with E-state index in [1.54, 1.807) is 0 Å². The molecule has 2 N–H and O–H groups in total. The Morgan fingerprint density at radius 3 is 2.38 bits per heavy atom. The van der Waals surface area contributed by atoms with E-state index in [2.05, 4.69) is 0 Å². The third-order valence-electron chi connectivity index (χ3n) is 7.00. The standard InChI is InChI=1S/C21H25N3O5/c25-19(26)17-10-11-22(17)20(27)23(12-8-9-12)18-13-4-1-2-6-15(13)24(21(28)29)16-7-3-5-14(16)18/h1-2,4,6,12,14,16-18H,3,5,7-11H2,(H,25,26)(H,28,29)/t14-,16+,17?,18-/m0/s1. The van der Waals surface area contributed by atoms with E-state index in [9.17, 15) is 24.6 Å². The summed E-state index contributed by atoms with van der Waals surface area (Å²) in [6, 6.07) is 6.27. The maximum absolute atomic E-state index is 13.5. The highest BCUT2D eigenvalue weighted by Gasteiger charge is 2.53. The van der Waals surface area contributed by atoms with Gasteiger partial charge in [-0.15, -0.1) is 0 Å². The van der Waals surface area contributed by atoms with Gasteiger partial charge >= 0.3 is 18.1 Å². The van der Waals surface area contributed by atoms with Crippen LogP contribution in [0.25, 0.3) is 0 Å². The van der Waals surface area contributed by atoms with Gasteiger partial charge in [0.25, 0.3) is 0 Å². The Morgan fingerprint density at radius 1 is 1.00 bits per heavy atom. The zero-order chi connectivity index (χ0) is 20.3. The molecule has 5 rings (SSSR count). The second kappa shape index (κ2) is 6.64. The molecule has 3 amide bonds. The molecule has 2 aliphatic carbocycles. The van der Waals surface area contributed by atoms with Gasteiger partial charge in [-0.2, -0.15) is 0 Å². The number of carbonyl (C=O) groups excluding carboxylic acids is 1. The Balaban J connectivity index is 1.57. The molecule has 29 heavy (non-hydrogen) atoms. The molecule has 154 valence electrons. The fraction of sp³-hybridized carbons (Fsp3) is 0.571. The number of hydrogen-bond donors (Lipinski definition) is 2. The normalized spacial score (nSPS) is 30.2. The molecule has 4 aliphatic rings. The van der Waals surface area contributed by atoms with Crippen LogP contribution in [-0.4, -0.2) is 62.8 Å². The van der Waals surface area contributed by atoms with Crippen molar-refractivity contribution in [3.8, 4) is 0 Å². The molecule has 1 aromatic carbocycles. The van der Waals surface area contributed by atoms with Crippen LogP contribution in [0.1, 0.15) is 50.1 Å². The summed E-state index contributed by atoms with van der Waals surface area (Å²) in [7, 11) is 0. The fourth-order valence-electron chi connectivity index (χ4n) is 5.50. The second-order valence-electron chi connectivity index (χ2n) is 8.58. The highest BCUT2D eigenvalue weighted by Crippen LogP contribution is 2.52. The number of nitrogens with zero attached hydrogens (tertiary/aromatic N) is 3. The summed E-state index contributed by atoms with van der Waals surface area (Å²) < 4.78 is 0. The van der Waals surface area contributed by atoms with Gasteiger partial charge in [0.1, 0.15) is 6.04 Å². The number of amides is 3. The van der Waals surface area contributed by atoms with Crippen LogP contribution in [0.2, 0.25) is 0 Å². The van der Waals surface area contributed by atoms with Gasteiger partial charge in [0.2, 0.25) is 0 Å². The molecule has 0 spiro atoms. The van der Waals surface area contributed by atoms with Gasteiger partial charge in [-0.05, 0) is 43.7 Å². The molecule has 2 aliphatic heterocycles. The summed E-state index contributed by atoms with van der Waals surface area (Å²) in [4.78, 5) is 41.9. The van der Waals surface area contributed by atoms with Crippen LogP contribution in [0.3, 0.4) is 0 Å². The van der Waals surface area contributed by atoms with Gasteiger partial charge in [0.05, 0.1) is 11.7 Å². The molecular formula is C21H25N3O5. The molecule has 0 bridgehead atoms. The van der Waals surface area contributed by atoms with E-state index in [1.165, 1.54) is 9.80 Å². The summed E-state index contributed by atoms with van der Waals surface area (Å²) in [5.41, 5.74) is 1.52. The van der Waals surface area contributed by atoms with Gasteiger partial charge in [-0.1, -0.05) is 24.6 Å².